The van der Waals surface area contributed by atoms with E-state index in [0.717, 1.165) is 63.2 Å². The van der Waals surface area contributed by atoms with Crippen molar-refractivity contribution in [3.63, 3.8) is 0 Å². The van der Waals surface area contributed by atoms with E-state index >= 15 is 0 Å². The van der Waals surface area contributed by atoms with Crippen molar-refractivity contribution < 1.29 is 4.74 Å². The van der Waals surface area contributed by atoms with Crippen LogP contribution in [0.1, 0.15) is 12.1 Å². The Bertz CT molecular complexity index is 644. The van der Waals surface area contributed by atoms with Crippen molar-refractivity contribution in [2.45, 2.75) is 13.0 Å². The number of hydrogen-bond acceptors (Lipinski definition) is 7. The number of aromatic nitrogens is 1. The Labute approximate surface area is 151 Å². The first-order valence-electron chi connectivity index (χ1n) is 8.23. The van der Waals surface area contributed by atoms with Crippen molar-refractivity contribution in [2.24, 2.45) is 0 Å². The number of hydrogen-bond donors (Lipinski definition) is 0. The normalized spacial score (nSPS) is 15.7. The number of ether oxygens (including phenoxy) is 1. The molecule has 128 valence electrons. The second-order valence-corrected chi connectivity index (χ2v) is 7.57. The minimum Gasteiger partial charge on any atom is -0.379 e. The van der Waals surface area contributed by atoms with Gasteiger partial charge in [0.05, 0.1) is 29.9 Å². The molecule has 0 saturated carbocycles. The maximum atomic E-state index is 8.91. The van der Waals surface area contributed by atoms with Crippen molar-refractivity contribution in [3.8, 4) is 16.0 Å². The fourth-order valence-corrected chi connectivity index (χ4v) is 4.33. The Morgan fingerprint density at radius 1 is 1.29 bits per heavy atom. The third kappa shape index (κ3) is 5.10. The zero-order chi connectivity index (χ0) is 16.6. The van der Waals surface area contributed by atoms with Crippen molar-refractivity contribution in [3.05, 3.63) is 28.6 Å². The summed E-state index contributed by atoms with van der Waals surface area (Å²) in [6.45, 7) is 7.27. The Morgan fingerprint density at radius 2 is 2.17 bits per heavy atom. The van der Waals surface area contributed by atoms with E-state index in [-0.39, 0.29) is 0 Å². The SMILES string of the molecule is N#CCCN(CCN1CCOCC1)Cc1csc(-c2cccs2)n1. The van der Waals surface area contributed by atoms with Gasteiger partial charge in [-0.15, -0.1) is 22.7 Å². The lowest BCUT2D eigenvalue weighted by Gasteiger charge is -2.29. The van der Waals surface area contributed by atoms with Crippen LogP contribution in [-0.2, 0) is 11.3 Å². The molecular weight excluding hydrogens is 340 g/mol. The Morgan fingerprint density at radius 3 is 2.92 bits per heavy atom. The van der Waals surface area contributed by atoms with Gasteiger partial charge >= 0.3 is 0 Å². The first-order valence-corrected chi connectivity index (χ1v) is 9.99. The highest BCUT2D eigenvalue weighted by Crippen LogP contribution is 2.28. The minimum absolute atomic E-state index is 0.561. The molecule has 0 spiro atoms. The predicted molar refractivity (Wildman–Crippen MR) is 98.2 cm³/mol. The Kier molecular flexibility index (Phi) is 6.75. The van der Waals surface area contributed by atoms with Crippen molar-refractivity contribution in [1.29, 1.82) is 5.26 Å². The van der Waals surface area contributed by atoms with Gasteiger partial charge in [-0.05, 0) is 11.4 Å². The molecule has 0 aliphatic carbocycles. The smallest absolute Gasteiger partial charge is 0.133 e. The van der Waals surface area contributed by atoms with Gasteiger partial charge in [0, 0.05) is 51.1 Å². The van der Waals surface area contributed by atoms with Gasteiger partial charge in [0.1, 0.15) is 5.01 Å². The fraction of sp³-hybridized carbons (Fsp3) is 0.529. The van der Waals surface area contributed by atoms with Gasteiger partial charge in [-0.2, -0.15) is 5.26 Å². The molecule has 5 nitrogen and oxygen atoms in total. The second kappa shape index (κ2) is 9.25. The predicted octanol–water partition coefficient (Wildman–Crippen LogP) is 2.92. The molecule has 1 aliphatic rings. The maximum Gasteiger partial charge on any atom is 0.133 e. The summed E-state index contributed by atoms with van der Waals surface area (Å²) in [4.78, 5) is 10.8. The highest BCUT2D eigenvalue weighted by atomic mass is 32.1. The summed E-state index contributed by atoms with van der Waals surface area (Å²) in [6, 6.07) is 6.43. The van der Waals surface area contributed by atoms with E-state index < -0.39 is 0 Å². The van der Waals surface area contributed by atoms with Crippen molar-refractivity contribution >= 4 is 22.7 Å². The lowest BCUT2D eigenvalue weighted by atomic mass is 10.3. The number of thiophene rings is 1. The van der Waals surface area contributed by atoms with E-state index in [1.54, 1.807) is 22.7 Å². The van der Waals surface area contributed by atoms with E-state index in [1.165, 1.54) is 4.88 Å². The van der Waals surface area contributed by atoms with Crippen LogP contribution in [0.15, 0.2) is 22.9 Å². The van der Waals surface area contributed by atoms with Crippen LogP contribution in [0.3, 0.4) is 0 Å². The van der Waals surface area contributed by atoms with Gasteiger partial charge in [-0.1, -0.05) is 6.07 Å². The topological polar surface area (TPSA) is 52.4 Å². The highest BCUT2D eigenvalue weighted by molar-refractivity contribution is 7.20. The summed E-state index contributed by atoms with van der Waals surface area (Å²) in [6.07, 6.45) is 0.561. The van der Waals surface area contributed by atoms with Crippen LogP contribution < -0.4 is 0 Å². The lowest BCUT2D eigenvalue weighted by Crippen LogP contribution is -2.41. The van der Waals surface area contributed by atoms with Crippen LogP contribution in [0.5, 0.6) is 0 Å². The molecule has 2 aromatic rings. The third-order valence-corrected chi connectivity index (χ3v) is 5.98. The van der Waals surface area contributed by atoms with Crippen LogP contribution in [-0.4, -0.2) is 60.7 Å². The number of nitriles is 1. The van der Waals surface area contributed by atoms with Gasteiger partial charge < -0.3 is 4.74 Å². The first-order chi connectivity index (χ1) is 11.8. The molecule has 0 unspecified atom stereocenters. The fourth-order valence-electron chi connectivity index (χ4n) is 2.71. The maximum absolute atomic E-state index is 8.91. The summed E-state index contributed by atoms with van der Waals surface area (Å²) in [5.41, 5.74) is 1.10. The molecule has 3 rings (SSSR count). The molecule has 0 amide bonds. The third-order valence-electron chi connectivity index (χ3n) is 4.05. The molecule has 1 fully saturated rings. The zero-order valence-electron chi connectivity index (χ0n) is 13.7. The summed E-state index contributed by atoms with van der Waals surface area (Å²) in [5, 5.41) is 14.2. The van der Waals surface area contributed by atoms with Gasteiger partial charge in [0.2, 0.25) is 0 Å². The molecule has 1 aliphatic heterocycles. The Hall–Kier alpha value is -1.30. The minimum atomic E-state index is 0.561. The van der Waals surface area contributed by atoms with E-state index in [0.29, 0.717) is 6.42 Å². The molecular formula is C17H22N4OS2. The first kappa shape index (κ1) is 17.5. The molecule has 0 bridgehead atoms. The average Bonchev–Trinajstić information content (AvgIpc) is 3.29. The quantitative estimate of drug-likeness (QED) is 0.723. The average molecular weight is 363 g/mol. The summed E-state index contributed by atoms with van der Waals surface area (Å²) in [7, 11) is 0. The molecule has 24 heavy (non-hydrogen) atoms. The lowest BCUT2D eigenvalue weighted by molar-refractivity contribution is 0.0330. The van der Waals surface area contributed by atoms with E-state index in [1.807, 2.05) is 0 Å². The van der Waals surface area contributed by atoms with E-state index in [4.69, 9.17) is 15.0 Å². The largest absolute Gasteiger partial charge is 0.379 e. The van der Waals surface area contributed by atoms with Gasteiger partial charge in [0.15, 0.2) is 0 Å². The molecule has 0 N–H and O–H groups in total. The van der Waals surface area contributed by atoms with Gasteiger partial charge in [-0.25, -0.2) is 4.98 Å². The summed E-state index contributed by atoms with van der Waals surface area (Å²) in [5.74, 6) is 0. The number of rotatable bonds is 8. The molecule has 0 radical (unpaired) electrons. The Balaban J connectivity index is 1.56. The van der Waals surface area contributed by atoms with Crippen LogP contribution in [0, 0.1) is 11.3 Å². The number of nitrogens with zero attached hydrogens (tertiary/aromatic N) is 4. The number of thiazole rings is 1. The van der Waals surface area contributed by atoms with Gasteiger partial charge in [-0.3, -0.25) is 9.80 Å². The van der Waals surface area contributed by atoms with Crippen LogP contribution >= 0.6 is 22.7 Å². The van der Waals surface area contributed by atoms with E-state index in [9.17, 15) is 0 Å². The zero-order valence-corrected chi connectivity index (χ0v) is 15.3. The second-order valence-electron chi connectivity index (χ2n) is 5.76. The van der Waals surface area contributed by atoms with Crippen molar-refractivity contribution in [1.82, 2.24) is 14.8 Å². The molecule has 3 heterocycles. The molecule has 2 aromatic heterocycles. The molecule has 7 heteroatoms. The van der Waals surface area contributed by atoms with E-state index in [2.05, 4.69) is 38.8 Å². The van der Waals surface area contributed by atoms with Crippen LogP contribution in [0.2, 0.25) is 0 Å². The molecule has 0 atom stereocenters. The van der Waals surface area contributed by atoms with Gasteiger partial charge in [0.25, 0.3) is 0 Å². The standard InChI is InChI=1S/C17H22N4OS2/c18-4-2-5-21(7-6-20-8-10-22-11-9-20)13-15-14-24-17(19-15)16-3-1-12-23-16/h1,3,12,14H,2,5-11,13H2. The monoisotopic (exact) mass is 362 g/mol. The summed E-state index contributed by atoms with van der Waals surface area (Å²) < 4.78 is 5.40. The van der Waals surface area contributed by atoms with Crippen LogP contribution in [0.25, 0.3) is 9.88 Å². The van der Waals surface area contributed by atoms with Crippen LogP contribution in [0.4, 0.5) is 0 Å². The highest BCUT2D eigenvalue weighted by Gasteiger charge is 2.14. The number of morpholine rings is 1. The van der Waals surface area contributed by atoms with Crippen molar-refractivity contribution in [2.75, 3.05) is 45.9 Å². The summed E-state index contributed by atoms with van der Waals surface area (Å²) >= 11 is 3.42. The molecule has 0 aromatic carbocycles. The molecule has 1 saturated heterocycles.